The van der Waals surface area contributed by atoms with E-state index in [0.29, 0.717) is 22.3 Å². The number of aliphatic hydroxyl groups excluding tert-OH is 2. The number of rotatable bonds is 10. The van der Waals surface area contributed by atoms with E-state index in [1.807, 2.05) is 12.1 Å². The molecule has 0 fully saturated rings. The zero-order valence-electron chi connectivity index (χ0n) is 36.0. The van der Waals surface area contributed by atoms with E-state index >= 15 is 0 Å². The first-order valence-corrected chi connectivity index (χ1v) is 17.2. The van der Waals surface area contributed by atoms with Crippen LogP contribution in [0.3, 0.4) is 0 Å². The van der Waals surface area contributed by atoms with Crippen molar-refractivity contribution >= 4 is 91.9 Å². The first-order valence-electron chi connectivity index (χ1n) is 15.6. The van der Waals surface area contributed by atoms with Gasteiger partial charge in [-0.2, -0.15) is 21.0 Å². The maximum absolute atomic E-state index is 11.6. The van der Waals surface area contributed by atoms with Crippen molar-refractivity contribution in [2.75, 3.05) is 0 Å². The third-order valence-corrected chi connectivity index (χ3v) is 7.63. The largest absolute Gasteiger partial charge is 0.506 e. The van der Waals surface area contributed by atoms with Gasteiger partial charge in [-0.1, -0.05) is 170 Å². The normalized spacial score (nSPS) is 9.94. The number of carbonyl (C=O) groups excluding carboxylic acids is 2. The molecule has 4 aromatic carbocycles. The summed E-state index contributed by atoms with van der Waals surface area (Å²) in [7, 11) is 0. The second kappa shape index (κ2) is 42.3. The standard InChI is InChI=1S/4C10H8N2OS.4CH3.4Zn/c4*11-6-8(10(12)14)9(13)7-4-2-1-3-5-7;;;;;;;;/h2*1-5,13H,(H2,12,14);2*1-5,8H,(H2,12,14);4*1H3;;;;/q;;;;4*-1;;;;/b2*9-8-;;;;;;;;;;. The summed E-state index contributed by atoms with van der Waals surface area (Å²) in [5.41, 5.74) is 22.9. The molecule has 0 saturated heterocycles. The minimum atomic E-state index is -1.02. The molecule has 10 N–H and O–H groups in total. The van der Waals surface area contributed by atoms with E-state index in [1.54, 1.807) is 133 Å². The Bertz CT molecular complexity index is 2140. The number of thiocarbonyl (C=S) groups is 4. The molecule has 0 radical (unpaired) electrons. The molecule has 320 valence electrons. The monoisotopic (exact) mass is 1130 g/mol. The van der Waals surface area contributed by atoms with Gasteiger partial charge in [0.1, 0.15) is 44.8 Å². The molecule has 0 aliphatic carbocycles. The van der Waals surface area contributed by atoms with Crippen LogP contribution in [0.2, 0.25) is 0 Å². The minimum absolute atomic E-state index is 0. The molecule has 0 spiro atoms. The molecular formula is C44H44N8O4S4Zn4-4. The molecule has 0 aromatic heterocycles. The van der Waals surface area contributed by atoms with Crippen molar-refractivity contribution in [1.29, 1.82) is 21.0 Å². The van der Waals surface area contributed by atoms with E-state index in [4.69, 9.17) is 44.0 Å². The average Bonchev–Trinajstić information content (AvgIpc) is 3.20. The van der Waals surface area contributed by atoms with E-state index in [2.05, 4.69) is 48.9 Å². The van der Waals surface area contributed by atoms with Crippen LogP contribution in [0.1, 0.15) is 31.8 Å². The van der Waals surface area contributed by atoms with E-state index in [0.717, 1.165) is 0 Å². The maximum atomic E-state index is 11.6. The Hall–Kier alpha value is -4.69. The molecule has 2 atom stereocenters. The molecule has 0 saturated carbocycles. The Balaban J connectivity index is -0.000000105. The number of hydrogen-bond donors (Lipinski definition) is 6. The summed E-state index contributed by atoms with van der Waals surface area (Å²) in [6, 6.07) is 41.4. The quantitative estimate of drug-likeness (QED) is 0.0167. The number of carbonyl (C=O) groups is 2. The summed E-state index contributed by atoms with van der Waals surface area (Å²) in [5, 5.41) is 54.0. The van der Waals surface area contributed by atoms with Crippen molar-refractivity contribution < 1.29 is 97.7 Å². The smallest absolute Gasteiger partial charge is 0.186 e. The van der Waals surface area contributed by atoms with Crippen molar-refractivity contribution in [3.63, 3.8) is 0 Å². The molecule has 12 nitrogen and oxygen atoms in total. The molecule has 64 heavy (non-hydrogen) atoms. The zero-order chi connectivity index (χ0) is 42.2. The van der Waals surface area contributed by atoms with Crippen LogP contribution >= 0.6 is 48.9 Å². The summed E-state index contributed by atoms with van der Waals surface area (Å²) in [4.78, 5) is 22.9. The molecule has 0 amide bonds. The van der Waals surface area contributed by atoms with E-state index in [1.165, 1.54) is 0 Å². The van der Waals surface area contributed by atoms with E-state index < -0.39 is 11.8 Å². The second-order valence-corrected chi connectivity index (χ2v) is 12.3. The second-order valence-electron chi connectivity index (χ2n) is 10.5. The zero-order valence-corrected chi connectivity index (χ0v) is 51.1. The Kier molecular flexibility index (Phi) is 50.6. The number of nitrogens with two attached hydrogens (primary N) is 4. The van der Waals surface area contributed by atoms with Crippen molar-refractivity contribution in [3.8, 4) is 24.3 Å². The number of ketones is 2. The van der Waals surface area contributed by atoms with Gasteiger partial charge in [0.15, 0.2) is 23.4 Å². The predicted molar refractivity (Wildman–Crippen MR) is 256 cm³/mol. The number of nitriles is 4. The summed E-state index contributed by atoms with van der Waals surface area (Å²) >= 11 is 18.5. The van der Waals surface area contributed by atoms with Crippen LogP contribution in [0.15, 0.2) is 132 Å². The minimum Gasteiger partial charge on any atom is -0.506 e. The van der Waals surface area contributed by atoms with Gasteiger partial charge < -0.3 is 62.9 Å². The van der Waals surface area contributed by atoms with E-state index in [-0.39, 0.29) is 162 Å². The fourth-order valence-electron chi connectivity index (χ4n) is 3.97. The topological polar surface area (TPSA) is 274 Å². The average molecular weight is 1140 g/mol. The molecule has 0 aliphatic heterocycles. The van der Waals surface area contributed by atoms with Gasteiger partial charge in [-0.15, -0.1) is 0 Å². The van der Waals surface area contributed by atoms with E-state index in [9.17, 15) is 19.8 Å². The van der Waals surface area contributed by atoms with Crippen molar-refractivity contribution in [2.45, 2.75) is 0 Å². The number of Topliss-reactive ketones (excluding diaryl/α,β-unsaturated/α-hetero) is 2. The molecule has 0 aliphatic rings. The number of benzene rings is 4. The van der Waals surface area contributed by atoms with Gasteiger partial charge in [0, 0.05) is 100 Å². The molecular weight excluding hydrogens is 1090 g/mol. The van der Waals surface area contributed by atoms with Gasteiger partial charge in [-0.3, -0.25) is 9.59 Å². The van der Waals surface area contributed by atoms with Gasteiger partial charge in [-0.05, 0) is 0 Å². The molecule has 20 heteroatoms. The summed E-state index contributed by atoms with van der Waals surface area (Å²) in [5.74, 6) is -3.10. The molecule has 0 bridgehead atoms. The number of aliphatic hydroxyl groups is 2. The van der Waals surface area contributed by atoms with Gasteiger partial charge in [0.05, 0.1) is 22.1 Å². The summed E-state index contributed by atoms with van der Waals surface area (Å²) in [6.45, 7) is 0. The van der Waals surface area contributed by atoms with Crippen LogP contribution in [0.25, 0.3) is 11.5 Å². The van der Waals surface area contributed by atoms with Gasteiger partial charge >= 0.3 is 0 Å². The summed E-state index contributed by atoms with van der Waals surface area (Å²) < 4.78 is 0. The van der Waals surface area contributed by atoms with Gasteiger partial charge in [-0.25, -0.2) is 0 Å². The van der Waals surface area contributed by atoms with Crippen molar-refractivity contribution in [3.05, 3.63) is 184 Å². The third-order valence-electron chi connectivity index (χ3n) is 6.75. The van der Waals surface area contributed by atoms with Crippen LogP contribution in [0, 0.1) is 86.9 Å². The fourth-order valence-corrected chi connectivity index (χ4v) is 4.58. The first kappa shape index (κ1) is 76.6. The molecule has 4 rings (SSSR count). The predicted octanol–water partition coefficient (Wildman–Crippen LogP) is 7.91. The Labute approximate surface area is 449 Å². The SMILES string of the molecule is N#C/C(C(N)=S)=C(/O)c1ccccc1.N#C/C(C(N)=S)=C(/O)c1ccccc1.N#CC(C(=O)c1ccccc1)C(N)=S.N#CC(C(=O)c1ccccc1)C(N)=S.[CH3-].[CH3-].[CH3-].[CH3-].[Zn].[Zn].[Zn].[Zn]. The number of hydrogen-bond acceptors (Lipinski definition) is 12. The third kappa shape index (κ3) is 26.2. The van der Waals surface area contributed by atoms with Crippen LogP contribution in [-0.2, 0) is 77.9 Å². The van der Waals surface area contributed by atoms with Crippen LogP contribution in [0.5, 0.6) is 0 Å². The van der Waals surface area contributed by atoms with Crippen LogP contribution in [0.4, 0.5) is 0 Å². The van der Waals surface area contributed by atoms with Gasteiger partial charge in [0.25, 0.3) is 0 Å². The molecule has 2 unspecified atom stereocenters. The molecule has 4 aromatic rings. The summed E-state index contributed by atoms with van der Waals surface area (Å²) in [6.07, 6.45) is 0. The van der Waals surface area contributed by atoms with Crippen molar-refractivity contribution in [2.24, 2.45) is 34.8 Å². The fraction of sp³-hybridized carbons (Fsp3) is 0.0455. The number of nitrogens with zero attached hydrogens (tertiary/aromatic N) is 4. The Morgan fingerprint density at radius 1 is 0.438 bits per heavy atom. The Morgan fingerprint density at radius 2 is 0.641 bits per heavy atom. The molecule has 0 heterocycles. The maximum Gasteiger partial charge on any atom is 0.186 e. The van der Waals surface area contributed by atoms with Crippen LogP contribution in [-0.4, -0.2) is 41.7 Å². The Morgan fingerprint density at radius 3 is 0.797 bits per heavy atom. The first-order chi connectivity index (χ1) is 26.7. The van der Waals surface area contributed by atoms with Gasteiger partial charge in [0.2, 0.25) is 0 Å². The van der Waals surface area contributed by atoms with Crippen molar-refractivity contribution in [1.82, 2.24) is 0 Å². The van der Waals surface area contributed by atoms with Crippen LogP contribution < -0.4 is 22.9 Å².